The van der Waals surface area contributed by atoms with Crippen LogP contribution in [0.5, 0.6) is 0 Å². The van der Waals surface area contributed by atoms with Crippen molar-refractivity contribution in [3.05, 3.63) is 17.3 Å². The van der Waals surface area contributed by atoms with E-state index in [1.807, 2.05) is 26.8 Å². The summed E-state index contributed by atoms with van der Waals surface area (Å²) in [5, 5.41) is 1.03. The van der Waals surface area contributed by atoms with E-state index < -0.39 is 0 Å². The van der Waals surface area contributed by atoms with Gasteiger partial charge in [-0.25, -0.2) is 9.97 Å². The molecule has 0 fully saturated rings. The standard InChI is InChI=1S/C7H7N3S.C2H6/c1-4-10-6-2-5(8)3-9-7(6)11-4;1-2/h2-3H,8H2,1H3;1-2H3. The summed E-state index contributed by atoms with van der Waals surface area (Å²) in [6.07, 6.45) is 1.65. The lowest BCUT2D eigenvalue weighted by molar-refractivity contribution is 1.33. The zero-order valence-electron chi connectivity index (χ0n) is 8.03. The molecule has 0 saturated carbocycles. The van der Waals surface area contributed by atoms with Crippen LogP contribution in [-0.2, 0) is 0 Å². The van der Waals surface area contributed by atoms with E-state index in [4.69, 9.17) is 5.73 Å². The van der Waals surface area contributed by atoms with E-state index in [9.17, 15) is 0 Å². The van der Waals surface area contributed by atoms with Crippen molar-refractivity contribution in [2.75, 3.05) is 5.73 Å². The third kappa shape index (κ3) is 2.15. The molecule has 0 aromatic carbocycles. The molecule has 0 aliphatic carbocycles. The van der Waals surface area contributed by atoms with Crippen molar-refractivity contribution >= 4 is 27.4 Å². The number of pyridine rings is 1. The number of aromatic nitrogens is 2. The minimum absolute atomic E-state index is 0.669. The van der Waals surface area contributed by atoms with Gasteiger partial charge in [-0.3, -0.25) is 0 Å². The first-order valence-corrected chi connectivity index (χ1v) is 5.06. The molecule has 0 bridgehead atoms. The van der Waals surface area contributed by atoms with E-state index in [0.29, 0.717) is 5.69 Å². The SMILES string of the molecule is CC.Cc1nc2cc(N)cnc2s1. The Morgan fingerprint density at radius 2 is 2.08 bits per heavy atom. The van der Waals surface area contributed by atoms with Crippen molar-refractivity contribution in [3.63, 3.8) is 0 Å². The van der Waals surface area contributed by atoms with Gasteiger partial charge in [-0.1, -0.05) is 25.2 Å². The lowest BCUT2D eigenvalue weighted by Gasteiger charge is -1.88. The van der Waals surface area contributed by atoms with Gasteiger partial charge < -0.3 is 5.73 Å². The number of fused-ring (bicyclic) bond motifs is 1. The molecule has 0 unspecified atom stereocenters. The molecule has 70 valence electrons. The van der Waals surface area contributed by atoms with Crippen molar-refractivity contribution in [2.24, 2.45) is 0 Å². The summed E-state index contributed by atoms with van der Waals surface area (Å²) in [7, 11) is 0. The normalized spacial score (nSPS) is 9.46. The summed E-state index contributed by atoms with van der Waals surface area (Å²) in [5.74, 6) is 0. The maximum absolute atomic E-state index is 5.54. The van der Waals surface area contributed by atoms with Gasteiger partial charge in [0, 0.05) is 0 Å². The van der Waals surface area contributed by atoms with Gasteiger partial charge in [0.25, 0.3) is 0 Å². The van der Waals surface area contributed by atoms with Crippen molar-refractivity contribution < 1.29 is 0 Å². The van der Waals surface area contributed by atoms with Gasteiger partial charge >= 0.3 is 0 Å². The highest BCUT2D eigenvalue weighted by Gasteiger charge is 1.99. The fourth-order valence-corrected chi connectivity index (χ4v) is 1.69. The van der Waals surface area contributed by atoms with Gasteiger partial charge in [0.1, 0.15) is 10.3 Å². The number of nitrogen functional groups attached to an aromatic ring is 1. The van der Waals surface area contributed by atoms with Gasteiger partial charge in [-0.2, -0.15) is 0 Å². The highest BCUT2D eigenvalue weighted by atomic mass is 32.1. The molecule has 0 aliphatic rings. The smallest absolute Gasteiger partial charge is 0.143 e. The van der Waals surface area contributed by atoms with Crippen LogP contribution in [0.25, 0.3) is 10.3 Å². The zero-order chi connectivity index (χ0) is 9.84. The van der Waals surface area contributed by atoms with Crippen LogP contribution in [0.3, 0.4) is 0 Å². The van der Waals surface area contributed by atoms with Crippen LogP contribution in [0.1, 0.15) is 18.9 Å². The third-order valence-corrected chi connectivity index (χ3v) is 2.27. The van der Waals surface area contributed by atoms with E-state index in [-0.39, 0.29) is 0 Å². The Bertz CT molecular complexity index is 395. The van der Waals surface area contributed by atoms with Crippen molar-refractivity contribution in [3.8, 4) is 0 Å². The third-order valence-electron chi connectivity index (χ3n) is 1.38. The Labute approximate surface area is 81.6 Å². The van der Waals surface area contributed by atoms with Crippen molar-refractivity contribution in [2.45, 2.75) is 20.8 Å². The lowest BCUT2D eigenvalue weighted by Crippen LogP contribution is -1.84. The first kappa shape index (κ1) is 9.92. The minimum atomic E-state index is 0.669. The van der Waals surface area contributed by atoms with Gasteiger partial charge in [0.15, 0.2) is 0 Å². The average Bonchev–Trinajstić information content (AvgIpc) is 2.48. The summed E-state index contributed by atoms with van der Waals surface area (Å²) in [6.45, 7) is 5.96. The topological polar surface area (TPSA) is 51.8 Å². The van der Waals surface area contributed by atoms with E-state index >= 15 is 0 Å². The van der Waals surface area contributed by atoms with Crippen LogP contribution in [0.4, 0.5) is 5.69 Å². The summed E-state index contributed by atoms with van der Waals surface area (Å²) in [6, 6.07) is 1.84. The highest BCUT2D eigenvalue weighted by molar-refractivity contribution is 7.18. The fourth-order valence-electron chi connectivity index (χ4n) is 0.947. The summed E-state index contributed by atoms with van der Waals surface area (Å²) in [4.78, 5) is 9.34. The Kier molecular flexibility index (Phi) is 3.19. The number of anilines is 1. The number of hydrogen-bond donors (Lipinski definition) is 1. The Balaban J connectivity index is 0.000000396. The predicted molar refractivity (Wildman–Crippen MR) is 57.9 cm³/mol. The van der Waals surface area contributed by atoms with Gasteiger partial charge in [0.2, 0.25) is 0 Å². The monoisotopic (exact) mass is 195 g/mol. The number of thiazole rings is 1. The number of nitrogens with two attached hydrogens (primary N) is 1. The second-order valence-electron chi connectivity index (χ2n) is 2.33. The second kappa shape index (κ2) is 4.18. The second-order valence-corrected chi connectivity index (χ2v) is 3.51. The van der Waals surface area contributed by atoms with Gasteiger partial charge in [-0.05, 0) is 13.0 Å². The van der Waals surface area contributed by atoms with Crippen LogP contribution in [0.15, 0.2) is 12.3 Å². The van der Waals surface area contributed by atoms with Crippen LogP contribution in [0, 0.1) is 6.92 Å². The molecule has 2 heterocycles. The maximum atomic E-state index is 5.54. The molecule has 2 aromatic rings. The molecule has 2 rings (SSSR count). The van der Waals surface area contributed by atoms with Crippen molar-refractivity contribution in [1.29, 1.82) is 0 Å². The Morgan fingerprint density at radius 1 is 1.38 bits per heavy atom. The molecule has 2 aromatic heterocycles. The fraction of sp³-hybridized carbons (Fsp3) is 0.333. The first-order valence-electron chi connectivity index (χ1n) is 4.24. The first-order chi connectivity index (χ1) is 6.25. The van der Waals surface area contributed by atoms with E-state index in [0.717, 1.165) is 15.4 Å². The number of aryl methyl sites for hydroxylation is 1. The molecular formula is C9H13N3S. The van der Waals surface area contributed by atoms with Gasteiger partial charge in [0.05, 0.1) is 16.9 Å². The average molecular weight is 195 g/mol. The van der Waals surface area contributed by atoms with E-state index in [1.165, 1.54) is 0 Å². The van der Waals surface area contributed by atoms with Crippen LogP contribution in [0.2, 0.25) is 0 Å². The molecule has 0 atom stereocenters. The summed E-state index contributed by atoms with van der Waals surface area (Å²) >= 11 is 1.58. The molecule has 0 saturated heterocycles. The molecule has 4 heteroatoms. The number of hydrogen-bond acceptors (Lipinski definition) is 4. The Hall–Kier alpha value is -1.16. The Morgan fingerprint density at radius 3 is 2.77 bits per heavy atom. The number of rotatable bonds is 0. The van der Waals surface area contributed by atoms with Crippen LogP contribution >= 0.6 is 11.3 Å². The van der Waals surface area contributed by atoms with Crippen molar-refractivity contribution in [1.82, 2.24) is 9.97 Å². The maximum Gasteiger partial charge on any atom is 0.143 e. The molecule has 13 heavy (non-hydrogen) atoms. The van der Waals surface area contributed by atoms with E-state index in [1.54, 1.807) is 17.5 Å². The molecule has 3 nitrogen and oxygen atoms in total. The zero-order valence-corrected chi connectivity index (χ0v) is 8.85. The lowest BCUT2D eigenvalue weighted by atomic mass is 10.4. The molecule has 2 N–H and O–H groups in total. The minimum Gasteiger partial charge on any atom is -0.397 e. The number of nitrogens with zero attached hydrogens (tertiary/aromatic N) is 2. The molecule has 0 radical (unpaired) electrons. The molecule has 0 spiro atoms. The van der Waals surface area contributed by atoms with E-state index in [2.05, 4.69) is 9.97 Å². The molecule has 0 aliphatic heterocycles. The molecular weight excluding hydrogens is 182 g/mol. The largest absolute Gasteiger partial charge is 0.397 e. The quantitative estimate of drug-likeness (QED) is 0.703. The molecule has 0 amide bonds. The van der Waals surface area contributed by atoms with Gasteiger partial charge in [-0.15, -0.1) is 0 Å². The highest BCUT2D eigenvalue weighted by Crippen LogP contribution is 2.20. The van der Waals surface area contributed by atoms with Crippen LogP contribution in [-0.4, -0.2) is 9.97 Å². The van der Waals surface area contributed by atoms with Crippen LogP contribution < -0.4 is 5.73 Å². The summed E-state index contributed by atoms with van der Waals surface area (Å²) < 4.78 is 0. The summed E-state index contributed by atoms with van der Waals surface area (Å²) in [5.41, 5.74) is 7.10. The predicted octanol–water partition coefficient (Wildman–Crippen LogP) is 2.61.